The van der Waals surface area contributed by atoms with Crippen molar-refractivity contribution in [3.8, 4) is 11.3 Å². The van der Waals surface area contributed by atoms with Crippen molar-refractivity contribution < 1.29 is 13.9 Å². The standard InChI is InChI=1S/C22H27FN2O2.C2H6/c1-8-17-12-16(22(6,7)25-20(26)27-21(3,4)5)13-19(24-17)15-9-10-18(23)14(2)11-15;1-2/h8-13H,1H2,2-7H3,(H,25,26);1-2H3. The minimum atomic E-state index is -0.702. The Morgan fingerprint density at radius 1 is 1.14 bits per heavy atom. The summed E-state index contributed by atoms with van der Waals surface area (Å²) < 4.78 is 19.0. The van der Waals surface area contributed by atoms with E-state index in [9.17, 15) is 9.18 Å². The van der Waals surface area contributed by atoms with Gasteiger partial charge in [0, 0.05) is 5.56 Å². The van der Waals surface area contributed by atoms with E-state index in [0.29, 0.717) is 17.0 Å². The first-order valence-corrected chi connectivity index (χ1v) is 9.84. The highest BCUT2D eigenvalue weighted by molar-refractivity contribution is 5.70. The first-order valence-electron chi connectivity index (χ1n) is 9.84. The third kappa shape index (κ3) is 7.00. The highest BCUT2D eigenvalue weighted by atomic mass is 19.1. The van der Waals surface area contributed by atoms with Gasteiger partial charge in [-0.3, -0.25) is 0 Å². The Morgan fingerprint density at radius 3 is 2.28 bits per heavy atom. The number of ether oxygens (including phenoxy) is 1. The van der Waals surface area contributed by atoms with Crippen molar-refractivity contribution in [1.29, 1.82) is 0 Å². The average molecular weight is 401 g/mol. The SMILES string of the molecule is C=Cc1cc(C(C)(C)NC(=O)OC(C)(C)C)cc(-c2ccc(F)c(C)c2)n1.CC. The number of carbonyl (C=O) groups excluding carboxylic acids is 1. The summed E-state index contributed by atoms with van der Waals surface area (Å²) in [7, 11) is 0. The van der Waals surface area contributed by atoms with Crippen LogP contribution in [-0.4, -0.2) is 16.7 Å². The minimum absolute atomic E-state index is 0.259. The van der Waals surface area contributed by atoms with Gasteiger partial charge in [0.15, 0.2) is 0 Å². The zero-order chi connectivity index (χ0) is 22.4. The Morgan fingerprint density at radius 2 is 1.76 bits per heavy atom. The van der Waals surface area contributed by atoms with Gasteiger partial charge in [-0.1, -0.05) is 20.4 Å². The van der Waals surface area contributed by atoms with Gasteiger partial charge in [0.1, 0.15) is 11.4 Å². The van der Waals surface area contributed by atoms with Gasteiger partial charge < -0.3 is 10.1 Å². The lowest BCUT2D eigenvalue weighted by molar-refractivity contribution is 0.0470. The largest absolute Gasteiger partial charge is 0.444 e. The van der Waals surface area contributed by atoms with Crippen LogP contribution in [0.15, 0.2) is 36.9 Å². The van der Waals surface area contributed by atoms with E-state index in [0.717, 1.165) is 11.1 Å². The molecule has 1 heterocycles. The third-order valence-corrected chi connectivity index (χ3v) is 4.04. The van der Waals surface area contributed by atoms with Gasteiger partial charge in [0.2, 0.25) is 0 Å². The van der Waals surface area contributed by atoms with Crippen LogP contribution in [0.2, 0.25) is 0 Å². The topological polar surface area (TPSA) is 51.2 Å². The molecule has 2 aromatic rings. The normalized spacial score (nSPS) is 11.2. The van der Waals surface area contributed by atoms with Crippen molar-refractivity contribution in [2.24, 2.45) is 0 Å². The van der Waals surface area contributed by atoms with Crippen LogP contribution in [-0.2, 0) is 10.3 Å². The number of aryl methyl sites for hydroxylation is 1. The molecule has 0 saturated heterocycles. The number of nitrogens with one attached hydrogen (secondary N) is 1. The maximum atomic E-state index is 13.6. The van der Waals surface area contributed by atoms with Gasteiger partial charge in [0.25, 0.3) is 0 Å². The van der Waals surface area contributed by atoms with Gasteiger partial charge in [-0.05, 0) is 89.1 Å². The lowest BCUT2D eigenvalue weighted by atomic mass is 9.92. The van der Waals surface area contributed by atoms with Crippen molar-refractivity contribution in [2.75, 3.05) is 0 Å². The zero-order valence-corrected chi connectivity index (χ0v) is 18.8. The molecule has 2 rings (SSSR count). The minimum Gasteiger partial charge on any atom is -0.444 e. The smallest absolute Gasteiger partial charge is 0.408 e. The Hall–Kier alpha value is -2.69. The number of hydrogen-bond donors (Lipinski definition) is 1. The van der Waals surface area contributed by atoms with Crippen molar-refractivity contribution >= 4 is 12.2 Å². The highest BCUT2D eigenvalue weighted by Gasteiger charge is 2.27. The van der Waals surface area contributed by atoms with Crippen molar-refractivity contribution in [1.82, 2.24) is 10.3 Å². The molecule has 0 aliphatic heterocycles. The molecule has 29 heavy (non-hydrogen) atoms. The summed E-state index contributed by atoms with van der Waals surface area (Å²) in [6.45, 7) is 18.7. The molecule has 0 unspecified atom stereocenters. The molecule has 0 spiro atoms. The molecule has 1 aromatic carbocycles. The number of nitrogens with zero attached hydrogens (tertiary/aromatic N) is 1. The third-order valence-electron chi connectivity index (χ3n) is 4.04. The molecule has 4 nitrogen and oxygen atoms in total. The molecule has 0 radical (unpaired) electrons. The molecule has 0 fully saturated rings. The lowest BCUT2D eigenvalue weighted by Crippen LogP contribution is -2.43. The Kier molecular flexibility index (Phi) is 8.13. The van der Waals surface area contributed by atoms with Crippen LogP contribution >= 0.6 is 0 Å². The van der Waals surface area contributed by atoms with E-state index in [-0.39, 0.29) is 5.82 Å². The fourth-order valence-corrected chi connectivity index (χ4v) is 2.60. The Labute approximate surface area is 174 Å². The molecule has 1 N–H and O–H groups in total. The first-order chi connectivity index (χ1) is 13.4. The summed E-state index contributed by atoms with van der Waals surface area (Å²) in [4.78, 5) is 16.8. The second kappa shape index (κ2) is 9.68. The van der Waals surface area contributed by atoms with Crippen LogP contribution in [0.1, 0.15) is 65.3 Å². The van der Waals surface area contributed by atoms with E-state index in [1.54, 1.807) is 25.1 Å². The van der Waals surface area contributed by atoms with E-state index < -0.39 is 17.2 Å². The first kappa shape index (κ1) is 24.3. The maximum absolute atomic E-state index is 13.6. The number of rotatable bonds is 4. The summed E-state index contributed by atoms with van der Waals surface area (Å²) in [6.07, 6.45) is 1.15. The number of hydrogen-bond acceptors (Lipinski definition) is 3. The van der Waals surface area contributed by atoms with Crippen LogP contribution < -0.4 is 5.32 Å². The molecule has 0 bridgehead atoms. The lowest BCUT2D eigenvalue weighted by Gasteiger charge is -2.29. The fourth-order valence-electron chi connectivity index (χ4n) is 2.60. The second-order valence-corrected chi connectivity index (χ2v) is 8.09. The van der Waals surface area contributed by atoms with Crippen molar-refractivity contribution in [3.05, 3.63) is 59.5 Å². The summed E-state index contributed by atoms with van der Waals surface area (Å²) in [5.41, 5.74) is 2.26. The predicted molar refractivity (Wildman–Crippen MR) is 118 cm³/mol. The quantitative estimate of drug-likeness (QED) is 0.627. The Bertz CT molecular complexity index is 868. The molecule has 0 aliphatic carbocycles. The predicted octanol–water partition coefficient (Wildman–Crippen LogP) is 6.63. The number of aromatic nitrogens is 1. The second-order valence-electron chi connectivity index (χ2n) is 8.09. The number of carbonyl (C=O) groups is 1. The number of alkyl carbamates (subject to hydrolysis) is 1. The van der Waals surface area contributed by atoms with E-state index in [1.165, 1.54) is 6.07 Å². The van der Waals surface area contributed by atoms with Crippen molar-refractivity contribution in [2.45, 2.75) is 66.5 Å². The van der Waals surface area contributed by atoms with E-state index in [4.69, 9.17) is 4.74 Å². The van der Waals surface area contributed by atoms with E-state index >= 15 is 0 Å². The van der Waals surface area contributed by atoms with Crippen LogP contribution in [0, 0.1) is 12.7 Å². The van der Waals surface area contributed by atoms with Gasteiger partial charge in [0.05, 0.1) is 16.9 Å². The molecule has 0 aliphatic rings. The maximum Gasteiger partial charge on any atom is 0.408 e. The van der Waals surface area contributed by atoms with Crippen LogP contribution in [0.5, 0.6) is 0 Å². The molecular formula is C24H33FN2O2. The van der Waals surface area contributed by atoms with Gasteiger partial charge >= 0.3 is 6.09 Å². The Balaban J connectivity index is 0.00000204. The van der Waals surface area contributed by atoms with Gasteiger partial charge in [-0.25, -0.2) is 14.2 Å². The van der Waals surface area contributed by atoms with Crippen LogP contribution in [0.25, 0.3) is 17.3 Å². The number of benzene rings is 1. The van der Waals surface area contributed by atoms with Crippen LogP contribution in [0.4, 0.5) is 9.18 Å². The molecule has 1 aromatic heterocycles. The molecule has 0 atom stereocenters. The highest BCUT2D eigenvalue weighted by Crippen LogP contribution is 2.28. The summed E-state index contributed by atoms with van der Waals surface area (Å²) in [5.74, 6) is -0.259. The number of amides is 1. The fraction of sp³-hybridized carbons (Fsp3) is 0.417. The molecule has 5 heteroatoms. The average Bonchev–Trinajstić information content (AvgIpc) is 2.63. The number of pyridine rings is 1. The van der Waals surface area contributed by atoms with Crippen LogP contribution in [0.3, 0.4) is 0 Å². The molecule has 0 saturated carbocycles. The zero-order valence-electron chi connectivity index (χ0n) is 18.8. The monoisotopic (exact) mass is 400 g/mol. The summed E-state index contributed by atoms with van der Waals surface area (Å²) >= 11 is 0. The van der Waals surface area contributed by atoms with E-state index in [2.05, 4.69) is 16.9 Å². The molecular weight excluding hydrogens is 367 g/mol. The van der Waals surface area contributed by atoms with Crippen molar-refractivity contribution in [3.63, 3.8) is 0 Å². The summed E-state index contributed by atoms with van der Waals surface area (Å²) in [5, 5.41) is 2.90. The van der Waals surface area contributed by atoms with E-state index in [1.807, 2.05) is 60.6 Å². The molecule has 1 amide bonds. The van der Waals surface area contributed by atoms with Gasteiger partial charge in [-0.2, -0.15) is 0 Å². The molecule has 158 valence electrons. The van der Waals surface area contributed by atoms with Gasteiger partial charge in [-0.15, -0.1) is 0 Å². The summed E-state index contributed by atoms with van der Waals surface area (Å²) in [6, 6.07) is 8.62. The number of halogens is 1.